The van der Waals surface area contributed by atoms with Crippen LogP contribution in [-0.4, -0.2) is 33.8 Å². The van der Waals surface area contributed by atoms with E-state index in [1.807, 2.05) is 0 Å². The minimum Gasteiger partial charge on any atom is -0.313 e. The molecule has 104 valence electrons. The molecule has 0 aromatic carbocycles. The van der Waals surface area contributed by atoms with Crippen LogP contribution in [0.15, 0.2) is 0 Å². The van der Waals surface area contributed by atoms with E-state index >= 15 is 0 Å². The zero-order valence-corrected chi connectivity index (χ0v) is 12.6. The highest BCUT2D eigenvalue weighted by molar-refractivity contribution is 7.88. The summed E-state index contributed by atoms with van der Waals surface area (Å²) in [6, 6.07) is 0.483. The molecule has 17 heavy (non-hydrogen) atoms. The standard InChI is InChI=1S/C12H28N2O2S/c1-10(2)8-12(9-11(3)4)13-6-7-14-17(5,15)16/h10-14H,6-9H2,1-5H3. The molecule has 0 radical (unpaired) electrons. The topological polar surface area (TPSA) is 58.2 Å². The first-order valence-corrected chi connectivity index (χ1v) is 8.28. The zero-order chi connectivity index (χ0) is 13.5. The molecule has 0 aromatic rings. The minimum atomic E-state index is -3.06. The SMILES string of the molecule is CC(C)CC(CC(C)C)NCCNS(C)(=O)=O. The monoisotopic (exact) mass is 264 g/mol. The van der Waals surface area contributed by atoms with Gasteiger partial charge in [0.15, 0.2) is 0 Å². The van der Waals surface area contributed by atoms with Gasteiger partial charge in [0.2, 0.25) is 10.0 Å². The quantitative estimate of drug-likeness (QED) is 0.622. The van der Waals surface area contributed by atoms with Gasteiger partial charge in [-0.1, -0.05) is 27.7 Å². The molecule has 4 nitrogen and oxygen atoms in total. The van der Waals surface area contributed by atoms with Crippen LogP contribution in [0, 0.1) is 11.8 Å². The number of rotatable bonds is 9. The lowest BCUT2D eigenvalue weighted by Gasteiger charge is -2.22. The van der Waals surface area contributed by atoms with Gasteiger partial charge in [-0.3, -0.25) is 0 Å². The Balaban J connectivity index is 3.91. The van der Waals surface area contributed by atoms with Crippen LogP contribution in [0.5, 0.6) is 0 Å². The molecule has 0 saturated carbocycles. The van der Waals surface area contributed by atoms with Gasteiger partial charge >= 0.3 is 0 Å². The second-order valence-corrected chi connectivity index (χ2v) is 7.41. The van der Waals surface area contributed by atoms with Crippen molar-refractivity contribution in [3.63, 3.8) is 0 Å². The van der Waals surface area contributed by atoms with E-state index in [2.05, 4.69) is 37.7 Å². The van der Waals surface area contributed by atoms with Gasteiger partial charge in [-0.15, -0.1) is 0 Å². The Morgan fingerprint density at radius 2 is 1.41 bits per heavy atom. The zero-order valence-electron chi connectivity index (χ0n) is 11.8. The lowest BCUT2D eigenvalue weighted by atomic mass is 9.96. The van der Waals surface area contributed by atoms with Crippen molar-refractivity contribution in [3.05, 3.63) is 0 Å². The fraction of sp³-hybridized carbons (Fsp3) is 1.00. The number of nitrogens with one attached hydrogen (secondary N) is 2. The van der Waals surface area contributed by atoms with E-state index < -0.39 is 10.0 Å². The molecule has 0 unspecified atom stereocenters. The molecule has 0 spiro atoms. The first kappa shape index (κ1) is 16.9. The van der Waals surface area contributed by atoms with Crippen molar-refractivity contribution in [1.29, 1.82) is 0 Å². The normalized spacial score (nSPS) is 12.9. The van der Waals surface area contributed by atoms with Crippen molar-refractivity contribution in [2.45, 2.75) is 46.6 Å². The fourth-order valence-corrected chi connectivity index (χ4v) is 2.39. The molecule has 0 aliphatic carbocycles. The highest BCUT2D eigenvalue weighted by Gasteiger charge is 2.12. The van der Waals surface area contributed by atoms with E-state index in [9.17, 15) is 8.42 Å². The smallest absolute Gasteiger partial charge is 0.208 e. The lowest BCUT2D eigenvalue weighted by molar-refractivity contribution is 0.361. The number of hydrogen-bond acceptors (Lipinski definition) is 3. The third kappa shape index (κ3) is 12.1. The van der Waals surface area contributed by atoms with E-state index in [0.29, 0.717) is 31.0 Å². The van der Waals surface area contributed by atoms with Gasteiger partial charge < -0.3 is 5.32 Å². The second-order valence-electron chi connectivity index (χ2n) is 5.58. The fourth-order valence-electron chi connectivity index (χ4n) is 1.91. The predicted octanol–water partition coefficient (Wildman–Crippen LogP) is 1.59. The highest BCUT2D eigenvalue weighted by atomic mass is 32.2. The Labute approximate surface area is 107 Å². The van der Waals surface area contributed by atoms with E-state index in [4.69, 9.17) is 0 Å². The Kier molecular flexibility index (Phi) is 8.00. The first-order chi connectivity index (χ1) is 7.70. The number of hydrogen-bond donors (Lipinski definition) is 2. The van der Waals surface area contributed by atoms with Crippen LogP contribution in [-0.2, 0) is 10.0 Å². The van der Waals surface area contributed by atoms with Gasteiger partial charge in [0, 0.05) is 19.1 Å². The molecule has 0 atom stereocenters. The first-order valence-electron chi connectivity index (χ1n) is 6.38. The Bertz CT molecular complexity index is 277. The van der Waals surface area contributed by atoms with E-state index in [-0.39, 0.29) is 0 Å². The van der Waals surface area contributed by atoms with Crippen molar-refractivity contribution in [2.24, 2.45) is 11.8 Å². The summed E-state index contributed by atoms with van der Waals surface area (Å²) in [4.78, 5) is 0. The van der Waals surface area contributed by atoms with Crippen molar-refractivity contribution in [1.82, 2.24) is 10.0 Å². The van der Waals surface area contributed by atoms with Crippen LogP contribution in [0.3, 0.4) is 0 Å². The highest BCUT2D eigenvalue weighted by Crippen LogP contribution is 2.12. The summed E-state index contributed by atoms with van der Waals surface area (Å²) in [5, 5.41) is 3.43. The van der Waals surface area contributed by atoms with E-state index in [1.54, 1.807) is 0 Å². The molecule has 5 heteroatoms. The molecule has 0 heterocycles. The Morgan fingerprint density at radius 1 is 0.941 bits per heavy atom. The van der Waals surface area contributed by atoms with Crippen molar-refractivity contribution in [2.75, 3.05) is 19.3 Å². The lowest BCUT2D eigenvalue weighted by Crippen LogP contribution is -2.38. The summed E-state index contributed by atoms with van der Waals surface area (Å²) in [7, 11) is -3.06. The molecular weight excluding hydrogens is 236 g/mol. The van der Waals surface area contributed by atoms with Gasteiger partial charge in [0.1, 0.15) is 0 Å². The summed E-state index contributed by atoms with van der Waals surface area (Å²) in [5.41, 5.74) is 0. The summed E-state index contributed by atoms with van der Waals surface area (Å²) in [6.45, 7) is 10.0. The molecule has 0 saturated heterocycles. The predicted molar refractivity (Wildman–Crippen MR) is 73.5 cm³/mol. The van der Waals surface area contributed by atoms with Gasteiger partial charge in [0.05, 0.1) is 6.26 Å². The Hall–Kier alpha value is -0.130. The minimum absolute atomic E-state index is 0.464. The maximum atomic E-state index is 10.9. The van der Waals surface area contributed by atoms with Gasteiger partial charge in [-0.25, -0.2) is 13.1 Å². The number of sulfonamides is 1. The van der Waals surface area contributed by atoms with Crippen molar-refractivity contribution >= 4 is 10.0 Å². The maximum absolute atomic E-state index is 10.9. The molecule has 0 rings (SSSR count). The molecule has 0 aliphatic heterocycles. The molecule has 0 aromatic heterocycles. The molecule has 0 fully saturated rings. The largest absolute Gasteiger partial charge is 0.313 e. The van der Waals surface area contributed by atoms with Crippen molar-refractivity contribution in [3.8, 4) is 0 Å². The molecule has 0 amide bonds. The van der Waals surface area contributed by atoms with Crippen LogP contribution in [0.4, 0.5) is 0 Å². The summed E-state index contributed by atoms with van der Waals surface area (Å²) < 4.78 is 24.3. The molecule has 0 bridgehead atoms. The second kappa shape index (κ2) is 8.06. The van der Waals surface area contributed by atoms with Crippen LogP contribution in [0.25, 0.3) is 0 Å². The van der Waals surface area contributed by atoms with Crippen LogP contribution in [0.1, 0.15) is 40.5 Å². The van der Waals surface area contributed by atoms with Crippen molar-refractivity contribution < 1.29 is 8.42 Å². The summed E-state index contributed by atoms with van der Waals surface area (Å²) >= 11 is 0. The Morgan fingerprint density at radius 3 is 1.76 bits per heavy atom. The third-order valence-electron chi connectivity index (χ3n) is 2.43. The average Bonchev–Trinajstić information content (AvgIpc) is 2.08. The summed E-state index contributed by atoms with van der Waals surface area (Å²) in [6.07, 6.45) is 3.46. The summed E-state index contributed by atoms with van der Waals surface area (Å²) in [5.74, 6) is 1.32. The maximum Gasteiger partial charge on any atom is 0.208 e. The van der Waals surface area contributed by atoms with Crippen LogP contribution >= 0.6 is 0 Å². The average molecular weight is 264 g/mol. The van der Waals surface area contributed by atoms with Gasteiger partial charge in [-0.05, 0) is 24.7 Å². The van der Waals surface area contributed by atoms with Gasteiger partial charge in [0.25, 0.3) is 0 Å². The molecule has 0 aliphatic rings. The third-order valence-corrected chi connectivity index (χ3v) is 3.16. The van der Waals surface area contributed by atoms with Crippen LogP contribution in [0.2, 0.25) is 0 Å². The van der Waals surface area contributed by atoms with E-state index in [1.165, 1.54) is 6.26 Å². The van der Waals surface area contributed by atoms with Gasteiger partial charge in [-0.2, -0.15) is 0 Å². The molecular formula is C12H28N2O2S. The molecule has 2 N–H and O–H groups in total. The van der Waals surface area contributed by atoms with E-state index in [0.717, 1.165) is 12.8 Å². The van der Waals surface area contributed by atoms with Crippen LogP contribution < -0.4 is 10.0 Å².